The van der Waals surface area contributed by atoms with E-state index >= 15 is 0 Å². The van der Waals surface area contributed by atoms with Crippen LogP contribution in [0.3, 0.4) is 0 Å². The lowest BCUT2D eigenvalue weighted by atomic mass is 9.80. The van der Waals surface area contributed by atoms with Crippen molar-refractivity contribution in [3.05, 3.63) is 28.2 Å². The first-order chi connectivity index (χ1) is 9.27. The summed E-state index contributed by atoms with van der Waals surface area (Å²) >= 11 is 3.11. The van der Waals surface area contributed by atoms with Crippen molar-refractivity contribution in [2.45, 2.75) is 45.3 Å². The molecule has 2 rings (SSSR count). The summed E-state index contributed by atoms with van der Waals surface area (Å²) in [5, 5.41) is 3.12. The Hall–Kier alpha value is -0.710. The predicted octanol–water partition coefficient (Wildman–Crippen LogP) is 5.70. The van der Waals surface area contributed by atoms with E-state index in [2.05, 4.69) is 35.1 Å². The maximum atomic E-state index is 13.1. The Morgan fingerprint density at radius 2 is 1.90 bits per heavy atom. The molecule has 1 N–H and O–H groups in total. The number of benzene rings is 1. The van der Waals surface area contributed by atoms with Gasteiger partial charge in [0, 0.05) is 16.2 Å². The highest BCUT2D eigenvalue weighted by atomic mass is 79.9. The van der Waals surface area contributed by atoms with Crippen molar-refractivity contribution in [3.8, 4) is 0 Å². The van der Waals surface area contributed by atoms with Crippen LogP contribution < -0.4 is 5.32 Å². The summed E-state index contributed by atoms with van der Waals surface area (Å²) in [4.78, 5) is 0. The van der Waals surface area contributed by atoms with Gasteiger partial charge in [0.05, 0.1) is 5.56 Å². The van der Waals surface area contributed by atoms with Crippen LogP contribution in [0.5, 0.6) is 0 Å². The van der Waals surface area contributed by atoms with Crippen LogP contribution in [0.4, 0.5) is 18.9 Å². The van der Waals surface area contributed by atoms with Gasteiger partial charge in [-0.05, 0) is 42.9 Å². The van der Waals surface area contributed by atoms with Crippen LogP contribution >= 0.6 is 15.9 Å². The van der Waals surface area contributed by atoms with Gasteiger partial charge in [-0.15, -0.1) is 0 Å². The molecule has 1 aliphatic rings. The largest absolute Gasteiger partial charge is 0.418 e. The van der Waals surface area contributed by atoms with Gasteiger partial charge in [-0.1, -0.05) is 36.2 Å². The lowest BCUT2D eigenvalue weighted by Crippen LogP contribution is -2.34. The topological polar surface area (TPSA) is 12.0 Å². The SMILES string of the molecule is CC1CCC(C)C(Nc2ccc(Br)cc2C(F)(F)F)C1. The van der Waals surface area contributed by atoms with Crippen molar-refractivity contribution in [2.75, 3.05) is 5.32 Å². The minimum absolute atomic E-state index is 0.112. The zero-order valence-electron chi connectivity index (χ0n) is 11.6. The van der Waals surface area contributed by atoms with Crippen LogP contribution in [0, 0.1) is 11.8 Å². The van der Waals surface area contributed by atoms with Gasteiger partial charge in [0.15, 0.2) is 0 Å². The van der Waals surface area contributed by atoms with E-state index < -0.39 is 11.7 Å². The molecule has 0 heterocycles. The molecule has 0 bridgehead atoms. The molecule has 3 unspecified atom stereocenters. The molecule has 0 amide bonds. The summed E-state index contributed by atoms with van der Waals surface area (Å²) < 4.78 is 39.7. The van der Waals surface area contributed by atoms with E-state index in [9.17, 15) is 13.2 Å². The Morgan fingerprint density at radius 3 is 2.55 bits per heavy atom. The number of anilines is 1. The van der Waals surface area contributed by atoms with E-state index in [0.717, 1.165) is 25.3 Å². The summed E-state index contributed by atoms with van der Waals surface area (Å²) in [6.07, 6.45) is -1.19. The smallest absolute Gasteiger partial charge is 0.382 e. The number of alkyl halides is 3. The lowest BCUT2D eigenvalue weighted by Gasteiger charge is -2.34. The van der Waals surface area contributed by atoms with Crippen molar-refractivity contribution in [1.29, 1.82) is 0 Å². The molecule has 1 aromatic carbocycles. The summed E-state index contributed by atoms with van der Waals surface area (Å²) in [6, 6.07) is 4.41. The van der Waals surface area contributed by atoms with E-state index in [-0.39, 0.29) is 11.7 Å². The fourth-order valence-corrected chi connectivity index (χ4v) is 3.17. The Kier molecular flexibility index (Phi) is 4.67. The standard InChI is InChI=1S/C15H19BrF3N/c1-9-3-4-10(2)14(7-9)20-13-6-5-11(16)8-12(13)15(17,18)19/h5-6,8-10,14,20H,3-4,7H2,1-2H3. The molecular formula is C15H19BrF3N. The van der Waals surface area contributed by atoms with Crippen LogP contribution in [0.1, 0.15) is 38.7 Å². The second kappa shape index (κ2) is 5.96. The molecule has 0 spiro atoms. The number of halogens is 4. The minimum atomic E-state index is -4.34. The van der Waals surface area contributed by atoms with Gasteiger partial charge >= 0.3 is 6.18 Å². The minimum Gasteiger partial charge on any atom is -0.382 e. The molecule has 112 valence electrons. The summed E-state index contributed by atoms with van der Waals surface area (Å²) in [5.74, 6) is 0.962. The third-order valence-corrected chi connectivity index (χ3v) is 4.58. The maximum absolute atomic E-state index is 13.1. The highest BCUT2D eigenvalue weighted by Gasteiger charge is 2.35. The quantitative estimate of drug-likeness (QED) is 0.721. The van der Waals surface area contributed by atoms with Crippen LogP contribution in [-0.2, 0) is 6.18 Å². The third kappa shape index (κ3) is 3.68. The highest BCUT2D eigenvalue weighted by Crippen LogP contribution is 2.38. The predicted molar refractivity (Wildman–Crippen MR) is 78.7 cm³/mol. The molecule has 0 radical (unpaired) electrons. The number of rotatable bonds is 2. The van der Waals surface area contributed by atoms with Crippen molar-refractivity contribution in [2.24, 2.45) is 11.8 Å². The Morgan fingerprint density at radius 1 is 1.20 bits per heavy atom. The molecule has 0 aliphatic heterocycles. The van der Waals surface area contributed by atoms with E-state index in [4.69, 9.17) is 0 Å². The molecule has 1 fully saturated rings. The maximum Gasteiger partial charge on any atom is 0.418 e. The normalized spacial score (nSPS) is 27.4. The van der Waals surface area contributed by atoms with Crippen molar-refractivity contribution >= 4 is 21.6 Å². The first-order valence-electron chi connectivity index (χ1n) is 6.90. The van der Waals surface area contributed by atoms with Gasteiger partial charge in [-0.2, -0.15) is 13.2 Å². The molecule has 20 heavy (non-hydrogen) atoms. The van der Waals surface area contributed by atoms with Gasteiger partial charge in [0.25, 0.3) is 0 Å². The molecular weight excluding hydrogens is 331 g/mol. The van der Waals surface area contributed by atoms with Crippen molar-refractivity contribution < 1.29 is 13.2 Å². The van der Waals surface area contributed by atoms with Gasteiger partial charge in [-0.25, -0.2) is 0 Å². The molecule has 1 nitrogen and oxygen atoms in total. The average molecular weight is 350 g/mol. The Labute approximate surface area is 126 Å². The molecule has 5 heteroatoms. The van der Waals surface area contributed by atoms with Crippen LogP contribution in [-0.4, -0.2) is 6.04 Å². The fourth-order valence-electron chi connectivity index (χ4n) is 2.81. The zero-order chi connectivity index (χ0) is 14.9. The molecule has 3 atom stereocenters. The van der Waals surface area contributed by atoms with Crippen molar-refractivity contribution in [1.82, 2.24) is 0 Å². The van der Waals surface area contributed by atoms with E-state index in [1.807, 2.05) is 0 Å². The second-order valence-corrected chi connectivity index (χ2v) is 6.75. The van der Waals surface area contributed by atoms with E-state index in [1.54, 1.807) is 6.07 Å². The number of nitrogens with one attached hydrogen (secondary N) is 1. The van der Waals surface area contributed by atoms with E-state index in [1.165, 1.54) is 6.07 Å². The van der Waals surface area contributed by atoms with E-state index in [0.29, 0.717) is 16.3 Å². The van der Waals surface area contributed by atoms with Crippen LogP contribution in [0.25, 0.3) is 0 Å². The first kappa shape index (κ1) is 15.7. The van der Waals surface area contributed by atoms with Crippen LogP contribution in [0.15, 0.2) is 22.7 Å². The first-order valence-corrected chi connectivity index (χ1v) is 7.70. The number of hydrogen-bond donors (Lipinski definition) is 1. The molecule has 0 aromatic heterocycles. The molecule has 1 aromatic rings. The Balaban J connectivity index is 2.24. The summed E-state index contributed by atoms with van der Waals surface area (Å²) in [7, 11) is 0. The molecule has 1 saturated carbocycles. The highest BCUT2D eigenvalue weighted by molar-refractivity contribution is 9.10. The number of hydrogen-bond acceptors (Lipinski definition) is 1. The summed E-state index contributed by atoms with van der Waals surface area (Å²) in [6.45, 7) is 4.27. The fraction of sp³-hybridized carbons (Fsp3) is 0.600. The Bertz CT molecular complexity index is 473. The van der Waals surface area contributed by atoms with Crippen molar-refractivity contribution in [3.63, 3.8) is 0 Å². The lowest BCUT2D eigenvalue weighted by molar-refractivity contribution is -0.137. The molecule has 1 aliphatic carbocycles. The van der Waals surface area contributed by atoms with Crippen LogP contribution in [0.2, 0.25) is 0 Å². The average Bonchev–Trinajstić information content (AvgIpc) is 2.34. The van der Waals surface area contributed by atoms with Gasteiger partial charge < -0.3 is 5.32 Å². The summed E-state index contributed by atoms with van der Waals surface area (Å²) in [5.41, 5.74) is -0.413. The molecule has 0 saturated heterocycles. The van der Waals surface area contributed by atoms with Gasteiger partial charge in [0.2, 0.25) is 0 Å². The zero-order valence-corrected chi connectivity index (χ0v) is 13.2. The third-order valence-electron chi connectivity index (χ3n) is 4.09. The second-order valence-electron chi connectivity index (χ2n) is 5.83. The van der Waals surface area contributed by atoms with Gasteiger partial charge in [0.1, 0.15) is 0 Å². The monoisotopic (exact) mass is 349 g/mol. The van der Waals surface area contributed by atoms with Gasteiger partial charge in [-0.3, -0.25) is 0 Å².